The molecule has 2 amide bonds. The van der Waals surface area contributed by atoms with Crippen molar-refractivity contribution in [1.29, 1.82) is 0 Å². The number of nitrogens with two attached hydrogens (primary N) is 1. The van der Waals surface area contributed by atoms with Crippen molar-refractivity contribution in [2.75, 3.05) is 6.54 Å². The molecule has 0 bridgehead atoms. The highest BCUT2D eigenvalue weighted by molar-refractivity contribution is 5.88. The fraction of sp³-hybridized carbons (Fsp3) is 0.464. The number of carboxylic acids is 1. The number of hydrogen-bond donors (Lipinski definition) is 3. The summed E-state index contributed by atoms with van der Waals surface area (Å²) in [7, 11) is 0. The van der Waals surface area contributed by atoms with E-state index in [0.29, 0.717) is 36.8 Å². The molecule has 2 aromatic rings. The normalized spacial score (nSPS) is 16.9. The summed E-state index contributed by atoms with van der Waals surface area (Å²) in [5, 5.41) is 12.0. The quantitative estimate of drug-likeness (QED) is 0.343. The van der Waals surface area contributed by atoms with E-state index in [1.54, 1.807) is 38.1 Å². The Kier molecular flexibility index (Phi) is 10.3. The van der Waals surface area contributed by atoms with E-state index in [9.17, 15) is 41.4 Å². The third-order valence-corrected chi connectivity index (χ3v) is 6.74. The van der Waals surface area contributed by atoms with Gasteiger partial charge in [0.25, 0.3) is 0 Å². The van der Waals surface area contributed by atoms with E-state index in [0.717, 1.165) is 0 Å². The van der Waals surface area contributed by atoms with Gasteiger partial charge in [0.1, 0.15) is 23.4 Å². The zero-order valence-electron chi connectivity index (χ0n) is 22.5. The van der Waals surface area contributed by atoms with Crippen LogP contribution in [-0.2, 0) is 33.5 Å². The minimum Gasteiger partial charge on any atom is -0.478 e. The number of aliphatic carboxylic acids is 1. The molecule has 0 saturated carbocycles. The predicted molar refractivity (Wildman–Crippen MR) is 138 cm³/mol. The molecule has 3 rings (SSSR count). The number of likely N-dealkylation sites (tertiary alicyclic amines) is 1. The van der Waals surface area contributed by atoms with Gasteiger partial charge in [0.15, 0.2) is 6.10 Å². The van der Waals surface area contributed by atoms with Crippen molar-refractivity contribution in [2.45, 2.75) is 70.4 Å². The Morgan fingerprint density at radius 3 is 2.37 bits per heavy atom. The summed E-state index contributed by atoms with van der Waals surface area (Å²) in [5.41, 5.74) is 4.55. The number of benzene rings is 2. The van der Waals surface area contributed by atoms with Gasteiger partial charge in [-0.3, -0.25) is 9.59 Å². The van der Waals surface area contributed by atoms with Crippen LogP contribution in [0.3, 0.4) is 0 Å². The molecule has 8 nitrogen and oxygen atoms in total. The molecule has 1 heterocycles. The molecule has 3 atom stereocenters. The highest BCUT2D eigenvalue weighted by Crippen LogP contribution is 2.33. The van der Waals surface area contributed by atoms with Gasteiger partial charge in [-0.05, 0) is 54.7 Å². The third kappa shape index (κ3) is 8.38. The largest absolute Gasteiger partial charge is 0.478 e. The fourth-order valence-corrected chi connectivity index (χ4v) is 4.61. The van der Waals surface area contributed by atoms with E-state index in [4.69, 9.17) is 10.5 Å². The molecule has 1 unspecified atom stereocenters. The maximum absolute atomic E-state index is 14.2. The lowest BCUT2D eigenvalue weighted by Gasteiger charge is -2.25. The van der Waals surface area contributed by atoms with Crippen molar-refractivity contribution in [3.05, 3.63) is 64.7 Å². The lowest BCUT2D eigenvalue weighted by molar-refractivity contribution is -0.147. The zero-order valence-corrected chi connectivity index (χ0v) is 22.5. The first kappa shape index (κ1) is 31.8. The smallest absolute Gasteiger partial charge is 0.419 e. The first-order valence-corrected chi connectivity index (χ1v) is 13.0. The molecule has 224 valence electrons. The second-order valence-electron chi connectivity index (χ2n) is 10.3. The van der Waals surface area contributed by atoms with Crippen molar-refractivity contribution >= 4 is 17.8 Å². The Balaban J connectivity index is 1.54. The van der Waals surface area contributed by atoms with E-state index >= 15 is 0 Å². The van der Waals surface area contributed by atoms with Crippen molar-refractivity contribution in [2.24, 2.45) is 11.7 Å². The molecule has 0 aromatic heterocycles. The highest BCUT2D eigenvalue weighted by Gasteiger charge is 2.36. The van der Waals surface area contributed by atoms with Gasteiger partial charge in [-0.1, -0.05) is 26.0 Å². The molecular weight excluding hydrogens is 553 g/mol. The molecule has 0 radical (unpaired) electrons. The minimum atomic E-state index is -5.05. The monoisotopic (exact) mass is 585 g/mol. The number of nitrogens with zero attached hydrogens (tertiary/aromatic N) is 1. The highest BCUT2D eigenvalue weighted by atomic mass is 19.4. The van der Waals surface area contributed by atoms with Crippen LogP contribution in [0.1, 0.15) is 49.8 Å². The van der Waals surface area contributed by atoms with Crippen LogP contribution in [0.25, 0.3) is 0 Å². The number of ether oxygens (including phenoxy) is 1. The maximum atomic E-state index is 14.2. The van der Waals surface area contributed by atoms with Gasteiger partial charge in [-0.15, -0.1) is 0 Å². The molecule has 1 fully saturated rings. The molecule has 0 spiro atoms. The number of carbonyl (C=O) groups excluding carboxylic acids is 2. The number of hydrogen-bond acceptors (Lipinski definition) is 5. The standard InChI is InChI=1S/C28H32F5N3O5/c1-15(2)25(27(39)40)41-19-7-5-16(6-8-19)14-35-26(38)23-4-3-9-36(23)24(37)12-18(34)10-17-11-22(30)20(13-21(17)29)28(31,32)33/h5-8,11,13,15,18,23,25H,3-4,9-10,12,14,34H2,1-2H3,(H,35,38)(H,39,40)/t18?,23-,25+/m0/s1. The lowest BCUT2D eigenvalue weighted by atomic mass is 10.0. The molecule has 2 aromatic carbocycles. The Labute approximate surface area is 233 Å². The van der Waals surface area contributed by atoms with Gasteiger partial charge in [0.05, 0.1) is 5.56 Å². The van der Waals surface area contributed by atoms with Crippen LogP contribution in [0.5, 0.6) is 5.75 Å². The van der Waals surface area contributed by atoms with E-state index < -0.39 is 59.3 Å². The van der Waals surface area contributed by atoms with Crippen LogP contribution in [0.2, 0.25) is 0 Å². The van der Waals surface area contributed by atoms with Gasteiger partial charge in [-0.25, -0.2) is 13.6 Å². The number of nitrogens with one attached hydrogen (secondary N) is 1. The molecule has 1 aliphatic rings. The summed E-state index contributed by atoms with van der Waals surface area (Å²) in [4.78, 5) is 38.4. The number of alkyl halides is 3. The zero-order chi connectivity index (χ0) is 30.5. The Hall–Kier alpha value is -3.74. The Morgan fingerprint density at radius 2 is 1.78 bits per heavy atom. The van der Waals surface area contributed by atoms with Crippen molar-refractivity contribution in [3.63, 3.8) is 0 Å². The van der Waals surface area contributed by atoms with Crippen LogP contribution < -0.4 is 15.8 Å². The topological polar surface area (TPSA) is 122 Å². The van der Waals surface area contributed by atoms with Crippen molar-refractivity contribution in [3.8, 4) is 5.75 Å². The molecule has 13 heteroatoms. The van der Waals surface area contributed by atoms with E-state index in [-0.39, 0.29) is 36.9 Å². The average molecular weight is 586 g/mol. The van der Waals surface area contributed by atoms with Gasteiger partial charge in [-0.2, -0.15) is 13.2 Å². The molecule has 1 aliphatic heterocycles. The third-order valence-electron chi connectivity index (χ3n) is 6.74. The SMILES string of the molecule is CC(C)[C@@H](Oc1ccc(CNC(=O)[C@@H]2CCCN2C(=O)CC(N)Cc2cc(F)c(C(F)(F)F)cc2F)cc1)C(=O)O. The molecule has 41 heavy (non-hydrogen) atoms. The second-order valence-corrected chi connectivity index (χ2v) is 10.3. The molecule has 0 aliphatic carbocycles. The minimum absolute atomic E-state index is 0.0685. The Bertz CT molecular complexity index is 1250. The van der Waals surface area contributed by atoms with Crippen LogP contribution in [-0.4, -0.2) is 52.5 Å². The van der Waals surface area contributed by atoms with E-state index in [2.05, 4.69) is 5.32 Å². The second kappa shape index (κ2) is 13.3. The van der Waals surface area contributed by atoms with Gasteiger partial charge in [0, 0.05) is 31.5 Å². The van der Waals surface area contributed by atoms with E-state index in [1.807, 2.05) is 0 Å². The maximum Gasteiger partial charge on any atom is 0.419 e. The molecule has 4 N–H and O–H groups in total. The van der Waals surface area contributed by atoms with Crippen LogP contribution >= 0.6 is 0 Å². The first-order valence-electron chi connectivity index (χ1n) is 13.0. The number of rotatable bonds is 11. The number of amides is 2. The number of halogens is 5. The summed E-state index contributed by atoms with van der Waals surface area (Å²) < 4.78 is 71.9. The van der Waals surface area contributed by atoms with E-state index in [1.165, 1.54) is 4.90 Å². The van der Waals surface area contributed by atoms with Gasteiger partial charge < -0.3 is 25.8 Å². The van der Waals surface area contributed by atoms with Crippen LogP contribution in [0.15, 0.2) is 36.4 Å². The summed E-state index contributed by atoms with van der Waals surface area (Å²) >= 11 is 0. The number of carbonyl (C=O) groups is 3. The molecule has 1 saturated heterocycles. The summed E-state index contributed by atoms with van der Waals surface area (Å²) in [5.74, 6) is -4.74. The van der Waals surface area contributed by atoms with Gasteiger partial charge in [0.2, 0.25) is 11.8 Å². The average Bonchev–Trinajstić information content (AvgIpc) is 3.38. The predicted octanol–water partition coefficient (Wildman–Crippen LogP) is 4.04. The van der Waals surface area contributed by atoms with Crippen LogP contribution in [0, 0.1) is 17.6 Å². The van der Waals surface area contributed by atoms with Crippen molar-refractivity contribution < 1.29 is 46.2 Å². The van der Waals surface area contributed by atoms with Gasteiger partial charge >= 0.3 is 12.1 Å². The van der Waals surface area contributed by atoms with Crippen LogP contribution in [0.4, 0.5) is 22.0 Å². The molecular formula is C28H32F5N3O5. The summed E-state index contributed by atoms with van der Waals surface area (Å²) in [6.45, 7) is 3.89. The first-order chi connectivity index (χ1) is 19.2. The summed E-state index contributed by atoms with van der Waals surface area (Å²) in [6, 6.07) is 5.26. The fourth-order valence-electron chi connectivity index (χ4n) is 4.61. The Morgan fingerprint density at radius 1 is 1.12 bits per heavy atom. The summed E-state index contributed by atoms with van der Waals surface area (Å²) in [6.07, 6.45) is -5.78. The number of carboxylic acid groups (broad SMARTS) is 1. The lowest BCUT2D eigenvalue weighted by Crippen LogP contribution is -2.47. The van der Waals surface area contributed by atoms with Crippen molar-refractivity contribution in [1.82, 2.24) is 10.2 Å².